The van der Waals surface area contributed by atoms with Crippen molar-refractivity contribution in [2.45, 2.75) is 19.3 Å². The van der Waals surface area contributed by atoms with Crippen LogP contribution < -0.4 is 32.6 Å². The zero-order valence-corrected chi connectivity index (χ0v) is 23.4. The van der Waals surface area contributed by atoms with Crippen molar-refractivity contribution in [1.82, 2.24) is 35.0 Å². The molecule has 0 atom stereocenters. The van der Waals surface area contributed by atoms with E-state index in [2.05, 4.69) is 27.4 Å². The van der Waals surface area contributed by atoms with Crippen LogP contribution in [0.3, 0.4) is 0 Å². The van der Waals surface area contributed by atoms with Gasteiger partial charge in [-0.3, -0.25) is 24.0 Å². The lowest BCUT2D eigenvalue weighted by Crippen LogP contribution is -2.36. The molecule has 15 heteroatoms. The summed E-state index contributed by atoms with van der Waals surface area (Å²) in [6.07, 6.45) is 1.74. The first-order chi connectivity index (χ1) is 20.6. The maximum absolute atomic E-state index is 12.4. The predicted molar refractivity (Wildman–Crippen MR) is 156 cm³/mol. The number of nitrogens with one attached hydrogen (secondary N) is 3. The maximum atomic E-state index is 12.4. The highest BCUT2D eigenvalue weighted by Crippen LogP contribution is 2.06. The summed E-state index contributed by atoms with van der Waals surface area (Å²) in [5.41, 5.74) is -1.74. The van der Waals surface area contributed by atoms with Crippen LogP contribution in [0, 0.1) is 0 Å². The summed E-state index contributed by atoms with van der Waals surface area (Å²) >= 11 is 0. The van der Waals surface area contributed by atoms with Crippen LogP contribution in [0.15, 0.2) is 75.6 Å². The molecule has 0 aliphatic heterocycles. The second-order valence-electron chi connectivity index (χ2n) is 9.50. The number of aromatic nitrogens is 3. The lowest BCUT2D eigenvalue weighted by molar-refractivity contribution is 0.0882. The Morgan fingerprint density at radius 1 is 0.605 bits per heavy atom. The van der Waals surface area contributed by atoms with E-state index in [-0.39, 0.29) is 39.6 Å². The Morgan fingerprint density at radius 3 is 1.37 bits per heavy atom. The Hall–Kier alpha value is -5.31. The van der Waals surface area contributed by atoms with E-state index in [1.807, 2.05) is 0 Å². The topological polar surface area (TPSA) is 200 Å². The van der Waals surface area contributed by atoms with Gasteiger partial charge in [0, 0.05) is 37.8 Å². The van der Waals surface area contributed by atoms with E-state index < -0.39 is 28.5 Å². The summed E-state index contributed by atoms with van der Waals surface area (Å²) in [4.78, 5) is 61.6. The second-order valence-corrected chi connectivity index (χ2v) is 9.50. The zero-order valence-electron chi connectivity index (χ0n) is 23.4. The van der Waals surface area contributed by atoms with Crippen LogP contribution >= 0.6 is 0 Å². The molecule has 0 aliphatic carbocycles. The van der Waals surface area contributed by atoms with Gasteiger partial charge >= 0.3 is 0 Å². The molecule has 0 saturated carbocycles. The molecule has 0 saturated heterocycles. The first-order valence-electron chi connectivity index (χ1n) is 13.6. The van der Waals surface area contributed by atoms with Crippen LogP contribution in [0.1, 0.15) is 45.9 Å². The van der Waals surface area contributed by atoms with Crippen molar-refractivity contribution in [3.8, 4) is 0 Å². The molecule has 0 spiro atoms. The summed E-state index contributed by atoms with van der Waals surface area (Å²) in [6, 6.07) is 12.0. The molecule has 3 heterocycles. The summed E-state index contributed by atoms with van der Waals surface area (Å²) in [5, 5.41) is 37.9. The average Bonchev–Trinajstić information content (AvgIpc) is 2.98. The highest BCUT2D eigenvalue weighted by molar-refractivity contribution is 5.92. The smallest absolute Gasteiger partial charge is 0.283 e. The molecule has 2 amide bonds. The van der Waals surface area contributed by atoms with E-state index in [0.29, 0.717) is 55.9 Å². The molecule has 0 bridgehead atoms. The maximum Gasteiger partial charge on any atom is 0.283 e. The van der Waals surface area contributed by atoms with Crippen LogP contribution in [0.4, 0.5) is 0 Å². The van der Waals surface area contributed by atoms with Crippen molar-refractivity contribution in [2.75, 3.05) is 39.3 Å². The molecule has 0 fully saturated rings. The lowest BCUT2D eigenvalue weighted by Gasteiger charge is -2.23. The molecule has 230 valence electrons. The highest BCUT2D eigenvalue weighted by atomic mass is 16.5. The minimum atomic E-state index is -0.716. The molecule has 0 unspecified atom stereocenters. The Balaban J connectivity index is 1.50. The lowest BCUT2D eigenvalue weighted by atomic mass is 10.2. The van der Waals surface area contributed by atoms with E-state index in [9.17, 15) is 39.6 Å². The molecular formula is C28H35N7O8. The first-order valence-corrected chi connectivity index (χ1v) is 13.6. The predicted octanol–water partition coefficient (Wildman–Crippen LogP) is -0.224. The number of carbonyl (C=O) groups excluding carboxylic acids is 2. The van der Waals surface area contributed by atoms with E-state index in [0.717, 1.165) is 12.1 Å². The number of rotatable bonds is 16. The Kier molecular flexibility index (Phi) is 11.7. The van der Waals surface area contributed by atoms with Crippen molar-refractivity contribution in [1.29, 1.82) is 0 Å². The van der Waals surface area contributed by atoms with E-state index in [4.69, 9.17) is 0 Å². The van der Waals surface area contributed by atoms with Gasteiger partial charge in [-0.25, -0.2) is 0 Å². The summed E-state index contributed by atoms with van der Waals surface area (Å²) in [6.45, 7) is 6.65. The van der Waals surface area contributed by atoms with Gasteiger partial charge in [-0.2, -0.15) is 0 Å². The van der Waals surface area contributed by atoms with Crippen LogP contribution in [-0.2, 0) is 0 Å². The molecule has 0 aliphatic rings. The SMILES string of the molecule is C=C(NCCCN(CCCNC(=O)c1cccc(=O)n1O)CCCNC(=O)c1cccc(=O)n1O)c1cccc(=O)n1O. The molecule has 3 rings (SSSR count). The normalized spacial score (nSPS) is 10.8. The molecular weight excluding hydrogens is 562 g/mol. The van der Waals surface area contributed by atoms with Crippen LogP contribution in [0.5, 0.6) is 0 Å². The number of hydrogen-bond acceptors (Lipinski definition) is 10. The van der Waals surface area contributed by atoms with Crippen molar-refractivity contribution in [2.24, 2.45) is 0 Å². The number of nitrogens with zero attached hydrogens (tertiary/aromatic N) is 4. The van der Waals surface area contributed by atoms with Gasteiger partial charge in [-0.15, -0.1) is 14.2 Å². The molecule has 6 N–H and O–H groups in total. The molecule has 3 aromatic rings. The third kappa shape index (κ3) is 9.09. The molecule has 0 aromatic carbocycles. The van der Waals surface area contributed by atoms with Crippen molar-refractivity contribution in [3.63, 3.8) is 0 Å². The highest BCUT2D eigenvalue weighted by Gasteiger charge is 2.13. The number of hydrogen-bond donors (Lipinski definition) is 6. The first kappa shape index (κ1) is 32.2. The Morgan fingerprint density at radius 2 is 0.953 bits per heavy atom. The van der Waals surface area contributed by atoms with E-state index in [1.165, 1.54) is 36.4 Å². The monoisotopic (exact) mass is 597 g/mol. The van der Waals surface area contributed by atoms with Gasteiger partial charge in [0.1, 0.15) is 17.1 Å². The van der Waals surface area contributed by atoms with Gasteiger partial charge in [-0.05, 0) is 57.1 Å². The van der Waals surface area contributed by atoms with Crippen LogP contribution in [0.2, 0.25) is 0 Å². The van der Waals surface area contributed by atoms with Crippen molar-refractivity contribution >= 4 is 17.5 Å². The van der Waals surface area contributed by atoms with Crippen LogP contribution in [-0.4, -0.2) is 85.8 Å². The Labute approximate surface area is 245 Å². The molecule has 0 radical (unpaired) electrons. The van der Waals surface area contributed by atoms with E-state index in [1.54, 1.807) is 6.07 Å². The zero-order chi connectivity index (χ0) is 31.4. The second kappa shape index (κ2) is 15.6. The fourth-order valence-electron chi connectivity index (χ4n) is 4.17. The quantitative estimate of drug-likeness (QED) is 0.0947. The third-order valence-electron chi connectivity index (χ3n) is 6.43. The van der Waals surface area contributed by atoms with Gasteiger partial charge in [0.2, 0.25) is 0 Å². The molecule has 3 aromatic heterocycles. The number of amides is 2. The van der Waals surface area contributed by atoms with Gasteiger partial charge in [0.15, 0.2) is 0 Å². The largest absolute Gasteiger partial charge is 0.425 e. The Bertz CT molecular complexity index is 1420. The van der Waals surface area contributed by atoms with Gasteiger partial charge in [0.25, 0.3) is 28.5 Å². The van der Waals surface area contributed by atoms with E-state index >= 15 is 0 Å². The van der Waals surface area contributed by atoms with Gasteiger partial charge in [0.05, 0.1) is 5.70 Å². The summed E-state index contributed by atoms with van der Waals surface area (Å²) in [5.74, 6) is -1.19. The standard InChI is InChI=1S/C28H35N7O8/c1-20(21-8-2-11-24(36)33(21)41)29-14-5-17-32(18-6-15-30-27(39)22-9-3-12-25(37)34(22)42)19-7-16-31-28(40)23-10-4-13-26(38)35(23)43/h2-4,8-13,29,41-43H,1,5-7,14-19H2,(H,30,39)(H,31,40). The molecule has 15 nitrogen and oxygen atoms in total. The fourth-order valence-corrected chi connectivity index (χ4v) is 4.17. The molecule has 43 heavy (non-hydrogen) atoms. The van der Waals surface area contributed by atoms with Crippen LogP contribution in [0.25, 0.3) is 5.70 Å². The van der Waals surface area contributed by atoms with Crippen molar-refractivity contribution in [3.05, 3.63) is 109 Å². The van der Waals surface area contributed by atoms with Gasteiger partial charge in [-0.1, -0.05) is 24.8 Å². The third-order valence-corrected chi connectivity index (χ3v) is 6.43. The van der Waals surface area contributed by atoms with Gasteiger partial charge < -0.3 is 36.5 Å². The van der Waals surface area contributed by atoms with Crippen molar-refractivity contribution < 1.29 is 25.2 Å². The number of carbonyl (C=O) groups is 2. The number of pyridine rings is 3. The summed E-state index contributed by atoms with van der Waals surface area (Å²) < 4.78 is 1.09. The minimum Gasteiger partial charge on any atom is -0.425 e. The average molecular weight is 598 g/mol. The minimum absolute atomic E-state index is 0.176. The summed E-state index contributed by atoms with van der Waals surface area (Å²) in [7, 11) is 0. The fraction of sp³-hybridized carbons (Fsp3) is 0.321.